The summed E-state index contributed by atoms with van der Waals surface area (Å²) >= 11 is 0. The fourth-order valence-electron chi connectivity index (χ4n) is 2.16. The summed E-state index contributed by atoms with van der Waals surface area (Å²) in [5.41, 5.74) is 6.13. The first-order valence-corrected chi connectivity index (χ1v) is 10.6. The molecule has 0 aromatic carbocycles. The summed E-state index contributed by atoms with van der Waals surface area (Å²) < 4.78 is 32.8. The van der Waals surface area contributed by atoms with E-state index in [0.717, 1.165) is 11.3 Å². The van der Waals surface area contributed by atoms with E-state index in [1.807, 2.05) is 65.0 Å². The zero-order valence-corrected chi connectivity index (χ0v) is 20.5. The zero-order valence-electron chi connectivity index (χ0n) is 20.5. The Morgan fingerprint density at radius 1 is 1.27 bits per heavy atom. The van der Waals surface area contributed by atoms with Gasteiger partial charge in [0, 0.05) is 19.2 Å². The molecule has 0 unspecified atom stereocenters. The summed E-state index contributed by atoms with van der Waals surface area (Å²) in [6.45, 7) is 18.0. The number of aryl methyl sites for hydroxylation is 2. The summed E-state index contributed by atoms with van der Waals surface area (Å²) in [5, 5.41) is 7.16. The van der Waals surface area contributed by atoms with Gasteiger partial charge in [0.2, 0.25) is 0 Å². The van der Waals surface area contributed by atoms with Crippen LogP contribution in [-0.2, 0) is 6.54 Å². The quantitative estimate of drug-likeness (QED) is 0.306. The van der Waals surface area contributed by atoms with Crippen molar-refractivity contribution in [2.75, 3.05) is 0 Å². The van der Waals surface area contributed by atoms with Gasteiger partial charge in [-0.2, -0.15) is 18.3 Å². The number of hydrogen-bond donors (Lipinski definition) is 1. The van der Waals surface area contributed by atoms with Crippen LogP contribution in [-0.4, -0.2) is 21.9 Å². The van der Waals surface area contributed by atoms with Crippen LogP contribution in [0, 0.1) is 6.92 Å². The highest BCUT2D eigenvalue weighted by Crippen LogP contribution is 2.10. The van der Waals surface area contributed by atoms with Crippen LogP contribution in [0.3, 0.4) is 0 Å². The first kappa shape index (κ1) is 31.9. The number of hydrogen-bond acceptors (Lipinski definition) is 2. The molecule has 0 aliphatic carbocycles. The van der Waals surface area contributed by atoms with E-state index in [1.54, 1.807) is 29.0 Å². The Kier molecular flexibility index (Phi) is 17.7. The second kappa shape index (κ2) is 18.3. The summed E-state index contributed by atoms with van der Waals surface area (Å²) in [4.78, 5) is 12.4. The maximum Gasteiger partial charge on any atom is 0.386 e. The lowest BCUT2D eigenvalue weighted by Gasteiger charge is -2.07. The van der Waals surface area contributed by atoms with E-state index >= 15 is 0 Å². The van der Waals surface area contributed by atoms with Gasteiger partial charge in [-0.3, -0.25) is 9.48 Å². The van der Waals surface area contributed by atoms with Gasteiger partial charge in [0.05, 0.1) is 5.69 Å². The van der Waals surface area contributed by atoms with Crippen molar-refractivity contribution < 1.29 is 18.0 Å². The number of halogens is 3. The number of nitrogens with zero attached hydrogens (tertiary/aromatic N) is 2. The lowest BCUT2D eigenvalue weighted by Crippen LogP contribution is -2.24. The van der Waals surface area contributed by atoms with Crippen molar-refractivity contribution in [2.45, 2.75) is 60.7 Å². The van der Waals surface area contributed by atoms with Gasteiger partial charge in [-0.15, -0.1) is 5.73 Å². The van der Waals surface area contributed by atoms with Gasteiger partial charge >= 0.3 is 6.18 Å². The lowest BCUT2D eigenvalue weighted by atomic mass is 10.2. The highest BCUT2D eigenvalue weighted by molar-refractivity contribution is 5.94. The maximum atomic E-state index is 12.4. The van der Waals surface area contributed by atoms with Crippen molar-refractivity contribution in [1.29, 1.82) is 0 Å². The van der Waals surface area contributed by atoms with Crippen LogP contribution in [0.4, 0.5) is 13.2 Å². The van der Waals surface area contributed by atoms with Crippen molar-refractivity contribution >= 4 is 5.91 Å². The van der Waals surface area contributed by atoms with Gasteiger partial charge in [-0.05, 0) is 51.5 Å². The first-order valence-electron chi connectivity index (χ1n) is 10.6. The van der Waals surface area contributed by atoms with Crippen molar-refractivity contribution in [3.05, 3.63) is 96.2 Å². The average molecular weight is 464 g/mol. The number of nitrogens with one attached hydrogen (secondary N) is 1. The molecule has 1 heterocycles. The molecule has 1 aromatic heterocycles. The molecule has 0 saturated heterocycles. The number of carbonyl (C=O) groups is 1. The maximum absolute atomic E-state index is 12.4. The molecule has 0 aliphatic rings. The molecule has 1 amide bonds. The van der Waals surface area contributed by atoms with Crippen LogP contribution in [0.25, 0.3) is 0 Å². The fraction of sp³-hybridized carbons (Fsp3) is 0.346. The van der Waals surface area contributed by atoms with Crippen LogP contribution >= 0.6 is 0 Å². The van der Waals surface area contributed by atoms with Crippen molar-refractivity contribution in [3.8, 4) is 0 Å². The minimum atomic E-state index is -4.00. The van der Waals surface area contributed by atoms with Crippen molar-refractivity contribution in [3.63, 3.8) is 0 Å². The SMILES string of the molecule is C=CC=C=C/C=C(C)/C=C/CC=C(C=C)NC(=O)c1cc(C)nn1CC.CC.CC(F)(F)F. The molecule has 4 nitrogen and oxygen atoms in total. The topological polar surface area (TPSA) is 46.9 Å². The number of aromatic nitrogens is 2. The second-order valence-electron chi connectivity index (χ2n) is 6.37. The highest BCUT2D eigenvalue weighted by atomic mass is 19.4. The molecule has 0 fully saturated rings. The summed E-state index contributed by atoms with van der Waals surface area (Å²) in [6, 6.07) is 1.78. The Bertz CT molecular complexity index is 888. The van der Waals surface area contributed by atoms with E-state index in [4.69, 9.17) is 0 Å². The molecule has 33 heavy (non-hydrogen) atoms. The van der Waals surface area contributed by atoms with Gasteiger partial charge in [0.1, 0.15) is 5.69 Å². The molecule has 1 N–H and O–H groups in total. The first-order chi connectivity index (χ1) is 15.5. The third kappa shape index (κ3) is 18.0. The van der Waals surface area contributed by atoms with Crippen LogP contribution in [0.2, 0.25) is 0 Å². The number of carbonyl (C=O) groups excluding carboxylic acids is 1. The van der Waals surface area contributed by atoms with E-state index in [-0.39, 0.29) is 12.8 Å². The van der Waals surface area contributed by atoms with Crippen LogP contribution in [0.5, 0.6) is 0 Å². The highest BCUT2D eigenvalue weighted by Gasteiger charge is 2.15. The van der Waals surface area contributed by atoms with Crippen molar-refractivity contribution in [2.24, 2.45) is 0 Å². The van der Waals surface area contributed by atoms with Crippen LogP contribution in [0.1, 0.15) is 57.2 Å². The molecule has 1 rings (SSSR count). The van der Waals surface area contributed by atoms with Gasteiger partial charge < -0.3 is 5.32 Å². The number of amides is 1. The molecule has 0 radical (unpaired) electrons. The molecule has 1 aromatic rings. The summed E-state index contributed by atoms with van der Waals surface area (Å²) in [6.07, 6.45) is 11.5. The standard InChI is InChI=1S/C22H27N3O.C2H3F3.C2H6/c1-6-9-10-11-14-18(4)15-12-13-16-20(7-2)23-22(26)21-17-19(5)24-25(21)8-3;1-2(3,4)5;1-2/h6-7,9,11-12,14-17H,1-2,8,13H2,3-5H3,(H,23,26);1H3;1-2H3/b15-12+,18-14+,20-16?;;. The second-order valence-corrected chi connectivity index (χ2v) is 6.37. The summed E-state index contributed by atoms with van der Waals surface area (Å²) in [5.74, 6) is -0.183. The molecule has 7 heteroatoms. The van der Waals surface area contributed by atoms with Gasteiger partial charge in [0.25, 0.3) is 5.91 Å². The van der Waals surface area contributed by atoms with Gasteiger partial charge in [0.15, 0.2) is 0 Å². The zero-order chi connectivity index (χ0) is 25.9. The Labute approximate surface area is 196 Å². The third-order valence-electron chi connectivity index (χ3n) is 3.42. The molecule has 0 spiro atoms. The molecular weight excluding hydrogens is 427 g/mol. The smallest absolute Gasteiger partial charge is 0.321 e. The van der Waals surface area contributed by atoms with E-state index in [1.165, 1.54) is 0 Å². The third-order valence-corrected chi connectivity index (χ3v) is 3.42. The van der Waals surface area contributed by atoms with Gasteiger partial charge in [-0.25, -0.2) is 0 Å². The number of rotatable bonds is 9. The Hall–Kier alpha value is -3.31. The van der Waals surface area contributed by atoms with E-state index in [0.29, 0.717) is 24.4 Å². The Morgan fingerprint density at radius 2 is 1.88 bits per heavy atom. The van der Waals surface area contributed by atoms with Crippen LogP contribution in [0.15, 0.2) is 84.8 Å². The largest absolute Gasteiger partial charge is 0.386 e. The van der Waals surface area contributed by atoms with E-state index in [2.05, 4.69) is 29.3 Å². The van der Waals surface area contributed by atoms with E-state index in [9.17, 15) is 18.0 Å². The normalized spacial score (nSPS) is 11.3. The monoisotopic (exact) mass is 463 g/mol. The molecule has 0 bridgehead atoms. The van der Waals surface area contributed by atoms with Gasteiger partial charge in [-0.1, -0.05) is 63.0 Å². The van der Waals surface area contributed by atoms with Crippen LogP contribution < -0.4 is 5.32 Å². The minimum absolute atomic E-state index is 0.183. The van der Waals surface area contributed by atoms with Crippen molar-refractivity contribution in [1.82, 2.24) is 15.1 Å². The average Bonchev–Trinajstić information content (AvgIpc) is 3.14. The van der Waals surface area contributed by atoms with E-state index < -0.39 is 6.18 Å². The number of alkyl halides is 3. The minimum Gasteiger partial charge on any atom is -0.321 e. The molecular formula is C26H36F3N3O. The molecule has 0 saturated carbocycles. The Morgan fingerprint density at radius 3 is 2.39 bits per heavy atom. The predicted molar refractivity (Wildman–Crippen MR) is 132 cm³/mol. The number of allylic oxidation sites excluding steroid dienone is 8. The summed E-state index contributed by atoms with van der Waals surface area (Å²) in [7, 11) is 0. The Balaban J connectivity index is 0. The molecule has 182 valence electrons. The fourth-order valence-corrected chi connectivity index (χ4v) is 2.16. The molecule has 0 atom stereocenters. The lowest BCUT2D eigenvalue weighted by molar-refractivity contribution is -0.110. The molecule has 0 aliphatic heterocycles. The predicted octanol–water partition coefficient (Wildman–Crippen LogP) is 7.40.